The highest BCUT2D eigenvalue weighted by molar-refractivity contribution is 7.83. The van der Waals surface area contributed by atoms with Gasteiger partial charge in [0.05, 0.1) is 0 Å². The van der Waals surface area contributed by atoms with Crippen LogP contribution in [0.2, 0.25) is 0 Å². The van der Waals surface area contributed by atoms with Crippen molar-refractivity contribution < 1.29 is 17.4 Å². The van der Waals surface area contributed by atoms with Crippen molar-refractivity contribution in [3.05, 3.63) is 29.8 Å². The highest BCUT2D eigenvalue weighted by Gasteiger charge is 2.41. The lowest BCUT2D eigenvalue weighted by Gasteiger charge is -2.19. The predicted molar refractivity (Wildman–Crippen MR) is 59.5 cm³/mol. The van der Waals surface area contributed by atoms with Gasteiger partial charge in [0.1, 0.15) is 0 Å². The third-order valence-electron chi connectivity index (χ3n) is 2.47. The van der Waals surface area contributed by atoms with E-state index in [-0.39, 0.29) is 13.1 Å². The summed E-state index contributed by atoms with van der Waals surface area (Å²) in [7, 11) is -2.95. The smallest absolute Gasteiger partial charge is 0.383 e. The van der Waals surface area contributed by atoms with Crippen molar-refractivity contribution in [2.24, 2.45) is 0 Å². The van der Waals surface area contributed by atoms with Crippen molar-refractivity contribution >= 4 is 16.7 Å². The molecule has 17 heavy (non-hydrogen) atoms. The summed E-state index contributed by atoms with van der Waals surface area (Å²) in [5.74, 6) is 0. The van der Waals surface area contributed by atoms with Gasteiger partial charge in [-0.05, 0) is 11.6 Å². The Kier molecular flexibility index (Phi) is 3.39. The maximum Gasteiger partial charge on any atom is 0.485 e. The van der Waals surface area contributed by atoms with E-state index in [0.717, 1.165) is 15.6 Å². The van der Waals surface area contributed by atoms with Crippen LogP contribution in [0.25, 0.3) is 0 Å². The van der Waals surface area contributed by atoms with Gasteiger partial charge in [0.2, 0.25) is 11.0 Å². The van der Waals surface area contributed by atoms with Gasteiger partial charge in [0.25, 0.3) is 0 Å². The fourth-order valence-corrected chi connectivity index (χ4v) is 2.51. The van der Waals surface area contributed by atoms with Gasteiger partial charge < -0.3 is 5.32 Å². The van der Waals surface area contributed by atoms with E-state index < -0.39 is 16.5 Å². The Bertz CT molecular complexity index is 436. The number of nitrogens with one attached hydrogen (secondary N) is 1. The van der Waals surface area contributed by atoms with Crippen molar-refractivity contribution in [2.45, 2.75) is 12.1 Å². The standard InChI is InChI=1S/C10H11F3N2OS/c11-10(12,13)17(16)15-6-5-14-9-4-2-1-3-8(9)7-15/h1-4,14H,5-7H2. The molecule has 0 saturated heterocycles. The largest absolute Gasteiger partial charge is 0.485 e. The zero-order valence-corrected chi connectivity index (χ0v) is 9.64. The molecule has 1 aromatic rings. The molecule has 1 heterocycles. The van der Waals surface area contributed by atoms with Crippen LogP contribution in [0.4, 0.5) is 18.9 Å². The Balaban J connectivity index is 2.22. The van der Waals surface area contributed by atoms with Crippen LogP contribution in [-0.4, -0.2) is 27.1 Å². The summed E-state index contributed by atoms with van der Waals surface area (Å²) in [5.41, 5.74) is -3.17. The predicted octanol–water partition coefficient (Wildman–Crippen LogP) is 2.10. The summed E-state index contributed by atoms with van der Waals surface area (Å²) in [6, 6.07) is 7.09. The summed E-state index contributed by atoms with van der Waals surface area (Å²) in [5, 5.41) is 3.02. The van der Waals surface area contributed by atoms with E-state index in [1.54, 1.807) is 18.2 Å². The monoisotopic (exact) mass is 264 g/mol. The summed E-state index contributed by atoms with van der Waals surface area (Å²) in [6.07, 6.45) is 0. The van der Waals surface area contributed by atoms with Crippen LogP contribution in [0, 0.1) is 0 Å². The average Bonchev–Trinajstić information content (AvgIpc) is 2.48. The molecule has 1 atom stereocenters. The number of fused-ring (bicyclic) bond motifs is 1. The maximum atomic E-state index is 12.4. The Labute approximate surface area is 99.2 Å². The number of alkyl halides is 3. The van der Waals surface area contributed by atoms with Gasteiger partial charge in [-0.15, -0.1) is 0 Å². The number of hydrogen-bond acceptors (Lipinski definition) is 2. The molecule has 2 rings (SSSR count). The summed E-state index contributed by atoms with van der Waals surface area (Å²) >= 11 is 0. The van der Waals surface area contributed by atoms with Gasteiger partial charge in [-0.1, -0.05) is 18.2 Å². The average molecular weight is 264 g/mol. The van der Waals surface area contributed by atoms with Gasteiger partial charge in [-0.3, -0.25) is 0 Å². The second-order valence-electron chi connectivity index (χ2n) is 3.64. The first kappa shape index (κ1) is 12.4. The van der Waals surface area contributed by atoms with Crippen molar-refractivity contribution in [3.63, 3.8) is 0 Å². The number of hydrogen-bond donors (Lipinski definition) is 1. The minimum atomic E-state index is -4.70. The number of para-hydroxylation sites is 1. The molecule has 1 aliphatic heterocycles. The fraction of sp³-hybridized carbons (Fsp3) is 0.400. The second kappa shape index (κ2) is 4.66. The molecule has 1 N–H and O–H groups in total. The first-order valence-corrected chi connectivity index (χ1v) is 6.14. The summed E-state index contributed by atoms with van der Waals surface area (Å²) < 4.78 is 49.3. The fourth-order valence-electron chi connectivity index (χ4n) is 1.70. The summed E-state index contributed by atoms with van der Waals surface area (Å²) in [4.78, 5) is 0. The van der Waals surface area contributed by atoms with Gasteiger partial charge in [0, 0.05) is 25.3 Å². The summed E-state index contributed by atoms with van der Waals surface area (Å²) in [6.45, 7) is 0.481. The molecule has 0 bridgehead atoms. The minimum Gasteiger partial charge on any atom is -0.383 e. The quantitative estimate of drug-likeness (QED) is 0.842. The van der Waals surface area contributed by atoms with Crippen molar-refractivity contribution in [1.82, 2.24) is 4.31 Å². The lowest BCUT2D eigenvalue weighted by Crippen LogP contribution is -2.36. The van der Waals surface area contributed by atoms with E-state index in [4.69, 9.17) is 0 Å². The van der Waals surface area contributed by atoms with Crippen LogP contribution in [0.15, 0.2) is 24.3 Å². The first-order chi connectivity index (χ1) is 7.98. The van der Waals surface area contributed by atoms with Crippen LogP contribution >= 0.6 is 0 Å². The second-order valence-corrected chi connectivity index (χ2v) is 5.12. The van der Waals surface area contributed by atoms with Crippen molar-refractivity contribution in [2.75, 3.05) is 18.4 Å². The lowest BCUT2D eigenvalue weighted by atomic mass is 10.2. The number of nitrogens with zero attached hydrogens (tertiary/aromatic N) is 1. The first-order valence-electron chi connectivity index (χ1n) is 5.04. The van der Waals surface area contributed by atoms with Crippen molar-refractivity contribution in [3.8, 4) is 0 Å². The maximum absolute atomic E-state index is 12.4. The van der Waals surface area contributed by atoms with Gasteiger partial charge in [-0.25, -0.2) is 8.51 Å². The van der Waals surface area contributed by atoms with E-state index in [1.807, 2.05) is 6.07 Å². The van der Waals surface area contributed by atoms with Gasteiger partial charge in [-0.2, -0.15) is 13.2 Å². The van der Waals surface area contributed by atoms with Crippen LogP contribution in [0.5, 0.6) is 0 Å². The third-order valence-corrected chi connectivity index (χ3v) is 3.65. The molecule has 0 aliphatic carbocycles. The van der Waals surface area contributed by atoms with Crippen LogP contribution in [-0.2, 0) is 17.5 Å². The molecule has 0 fully saturated rings. The van der Waals surface area contributed by atoms with E-state index in [2.05, 4.69) is 5.32 Å². The zero-order chi connectivity index (χ0) is 12.5. The molecular formula is C10H11F3N2OS. The molecule has 0 aromatic heterocycles. The van der Waals surface area contributed by atoms with Crippen LogP contribution in [0.1, 0.15) is 5.56 Å². The van der Waals surface area contributed by atoms with Crippen molar-refractivity contribution in [1.29, 1.82) is 0 Å². The SMILES string of the molecule is O=S(N1CCNc2ccccc2C1)C(F)(F)F. The molecule has 0 spiro atoms. The Hall–Kier alpha value is -1.08. The Morgan fingerprint density at radius 2 is 2.00 bits per heavy atom. The van der Waals surface area contributed by atoms with E-state index in [0.29, 0.717) is 6.54 Å². The molecule has 1 aromatic carbocycles. The zero-order valence-electron chi connectivity index (χ0n) is 8.83. The molecule has 1 aliphatic rings. The molecule has 3 nitrogen and oxygen atoms in total. The number of rotatable bonds is 1. The Morgan fingerprint density at radius 1 is 1.29 bits per heavy atom. The molecule has 1 unspecified atom stereocenters. The van der Waals surface area contributed by atoms with E-state index in [9.17, 15) is 17.4 Å². The molecule has 0 saturated carbocycles. The normalized spacial score (nSPS) is 19.0. The Morgan fingerprint density at radius 3 is 2.71 bits per heavy atom. The molecule has 94 valence electrons. The number of halogens is 3. The van der Waals surface area contributed by atoms with Crippen LogP contribution in [0.3, 0.4) is 0 Å². The molecular weight excluding hydrogens is 253 g/mol. The van der Waals surface area contributed by atoms with Gasteiger partial charge in [0.15, 0.2) is 0 Å². The van der Waals surface area contributed by atoms with Gasteiger partial charge >= 0.3 is 5.51 Å². The highest BCUT2D eigenvalue weighted by Crippen LogP contribution is 2.27. The number of benzene rings is 1. The third kappa shape index (κ3) is 2.78. The molecule has 0 amide bonds. The topological polar surface area (TPSA) is 32.3 Å². The number of anilines is 1. The highest BCUT2D eigenvalue weighted by atomic mass is 32.2. The van der Waals surface area contributed by atoms with Crippen LogP contribution < -0.4 is 5.32 Å². The van der Waals surface area contributed by atoms with E-state index in [1.165, 1.54) is 0 Å². The molecule has 7 heteroatoms. The molecule has 0 radical (unpaired) electrons. The van der Waals surface area contributed by atoms with E-state index >= 15 is 0 Å². The minimum absolute atomic E-state index is 0.0370. The lowest BCUT2D eigenvalue weighted by molar-refractivity contribution is -0.0429.